The van der Waals surface area contributed by atoms with Crippen LogP contribution in [0.3, 0.4) is 0 Å². The summed E-state index contributed by atoms with van der Waals surface area (Å²) in [6.45, 7) is 8.75. The fourth-order valence-electron chi connectivity index (χ4n) is 3.21. The van der Waals surface area contributed by atoms with Crippen molar-refractivity contribution in [2.45, 2.75) is 27.3 Å². The van der Waals surface area contributed by atoms with E-state index in [4.69, 9.17) is 0 Å². The standard InChI is InChI=1S/C24H27N3O/c1-4-26(5-2)22-15-11-20(12-16-22)18-27(23-8-6-7-17-25-23)24(28)21-13-9-19(3)10-14-21/h6-17H,4-5,18H2,1-3H3. The van der Waals surface area contributed by atoms with Gasteiger partial charge in [0.15, 0.2) is 0 Å². The zero-order valence-electron chi connectivity index (χ0n) is 16.8. The molecule has 0 atom stereocenters. The molecule has 0 aliphatic carbocycles. The number of aromatic nitrogens is 1. The summed E-state index contributed by atoms with van der Waals surface area (Å²) in [5.41, 5.74) is 4.06. The number of hydrogen-bond acceptors (Lipinski definition) is 3. The largest absolute Gasteiger partial charge is 0.372 e. The lowest BCUT2D eigenvalue weighted by molar-refractivity contribution is 0.0984. The first-order valence-corrected chi connectivity index (χ1v) is 9.75. The average Bonchev–Trinajstić information content (AvgIpc) is 2.74. The average molecular weight is 374 g/mol. The fraction of sp³-hybridized carbons (Fsp3) is 0.250. The van der Waals surface area contributed by atoms with Gasteiger partial charge in [-0.05, 0) is 62.7 Å². The molecule has 0 aliphatic rings. The highest BCUT2D eigenvalue weighted by atomic mass is 16.2. The van der Waals surface area contributed by atoms with Gasteiger partial charge in [0.05, 0.1) is 6.54 Å². The highest BCUT2D eigenvalue weighted by Crippen LogP contribution is 2.20. The van der Waals surface area contributed by atoms with Crippen LogP contribution in [-0.2, 0) is 6.54 Å². The van der Waals surface area contributed by atoms with Crippen molar-refractivity contribution in [1.29, 1.82) is 0 Å². The first-order chi connectivity index (χ1) is 13.6. The first-order valence-electron chi connectivity index (χ1n) is 9.75. The Bertz CT molecular complexity index is 885. The lowest BCUT2D eigenvalue weighted by Crippen LogP contribution is -2.31. The molecule has 28 heavy (non-hydrogen) atoms. The Labute approximate surface area is 167 Å². The maximum atomic E-state index is 13.2. The summed E-state index contributed by atoms with van der Waals surface area (Å²) in [5, 5.41) is 0. The number of pyridine rings is 1. The van der Waals surface area contributed by atoms with E-state index in [1.165, 1.54) is 5.69 Å². The van der Waals surface area contributed by atoms with Gasteiger partial charge in [-0.3, -0.25) is 9.69 Å². The SMILES string of the molecule is CCN(CC)c1ccc(CN(C(=O)c2ccc(C)cc2)c2ccccn2)cc1. The van der Waals surface area contributed by atoms with E-state index >= 15 is 0 Å². The van der Waals surface area contributed by atoms with Crippen molar-refractivity contribution in [3.8, 4) is 0 Å². The van der Waals surface area contributed by atoms with E-state index in [-0.39, 0.29) is 5.91 Å². The first kappa shape index (κ1) is 19.6. The van der Waals surface area contributed by atoms with E-state index in [1.807, 2.05) is 49.4 Å². The second-order valence-corrected chi connectivity index (χ2v) is 6.78. The molecule has 0 N–H and O–H groups in total. The second-order valence-electron chi connectivity index (χ2n) is 6.78. The van der Waals surface area contributed by atoms with Crippen LogP contribution < -0.4 is 9.80 Å². The van der Waals surface area contributed by atoms with Gasteiger partial charge in [0.1, 0.15) is 5.82 Å². The van der Waals surface area contributed by atoms with Gasteiger partial charge < -0.3 is 4.90 Å². The molecule has 0 fully saturated rings. The number of carbonyl (C=O) groups excluding carboxylic acids is 1. The van der Waals surface area contributed by atoms with Crippen LogP contribution in [0.25, 0.3) is 0 Å². The van der Waals surface area contributed by atoms with Crippen molar-refractivity contribution in [1.82, 2.24) is 4.98 Å². The van der Waals surface area contributed by atoms with Gasteiger partial charge in [-0.15, -0.1) is 0 Å². The molecule has 3 rings (SSSR count). The van der Waals surface area contributed by atoms with E-state index in [0.29, 0.717) is 17.9 Å². The zero-order chi connectivity index (χ0) is 19.9. The van der Waals surface area contributed by atoms with E-state index < -0.39 is 0 Å². The number of aryl methyl sites for hydroxylation is 1. The predicted molar refractivity (Wildman–Crippen MR) is 116 cm³/mol. The number of rotatable bonds is 7. The topological polar surface area (TPSA) is 36.4 Å². The molecule has 144 valence electrons. The van der Waals surface area contributed by atoms with Crippen LogP contribution in [0.2, 0.25) is 0 Å². The smallest absolute Gasteiger partial charge is 0.259 e. The molecular weight excluding hydrogens is 346 g/mol. The minimum atomic E-state index is -0.0495. The van der Waals surface area contributed by atoms with Crippen molar-refractivity contribution in [3.05, 3.63) is 89.6 Å². The van der Waals surface area contributed by atoms with Gasteiger partial charge in [0.2, 0.25) is 0 Å². The van der Waals surface area contributed by atoms with E-state index in [9.17, 15) is 4.79 Å². The molecule has 1 aromatic heterocycles. The number of hydrogen-bond donors (Lipinski definition) is 0. The van der Waals surface area contributed by atoms with Crippen LogP contribution in [0.5, 0.6) is 0 Å². The molecule has 0 saturated carbocycles. The second kappa shape index (κ2) is 9.18. The summed E-state index contributed by atoms with van der Waals surface area (Å²) in [6.07, 6.45) is 1.72. The predicted octanol–water partition coefficient (Wildman–Crippen LogP) is 5.08. The molecule has 0 bridgehead atoms. The van der Waals surface area contributed by atoms with Crippen molar-refractivity contribution in [2.75, 3.05) is 22.9 Å². The number of nitrogens with zero attached hydrogens (tertiary/aromatic N) is 3. The van der Waals surface area contributed by atoms with Crippen molar-refractivity contribution in [3.63, 3.8) is 0 Å². The molecule has 2 aromatic carbocycles. The quantitative estimate of drug-likeness (QED) is 0.579. The Morgan fingerprint density at radius 3 is 2.14 bits per heavy atom. The van der Waals surface area contributed by atoms with Crippen LogP contribution in [0.4, 0.5) is 11.5 Å². The Morgan fingerprint density at radius 1 is 0.893 bits per heavy atom. The number of amides is 1. The van der Waals surface area contributed by atoms with E-state index in [2.05, 4.69) is 48.0 Å². The Balaban J connectivity index is 1.88. The molecule has 1 heterocycles. The summed E-state index contributed by atoms with van der Waals surface area (Å²) < 4.78 is 0. The Hall–Kier alpha value is -3.14. The molecule has 1 amide bonds. The van der Waals surface area contributed by atoms with E-state index in [1.54, 1.807) is 11.1 Å². The highest BCUT2D eigenvalue weighted by Gasteiger charge is 2.19. The summed E-state index contributed by atoms with van der Waals surface area (Å²) in [7, 11) is 0. The van der Waals surface area contributed by atoms with Gasteiger partial charge in [-0.2, -0.15) is 0 Å². The van der Waals surface area contributed by atoms with Gasteiger partial charge >= 0.3 is 0 Å². The molecule has 0 aliphatic heterocycles. The van der Waals surface area contributed by atoms with Crippen molar-refractivity contribution < 1.29 is 4.79 Å². The third-order valence-corrected chi connectivity index (χ3v) is 4.88. The molecule has 0 unspecified atom stereocenters. The number of carbonyl (C=O) groups is 1. The minimum Gasteiger partial charge on any atom is -0.372 e. The molecular formula is C24H27N3O. The molecule has 0 saturated heterocycles. The summed E-state index contributed by atoms with van der Waals surface area (Å²) in [4.78, 5) is 21.7. The molecule has 0 radical (unpaired) electrons. The lowest BCUT2D eigenvalue weighted by Gasteiger charge is -2.24. The highest BCUT2D eigenvalue weighted by molar-refractivity contribution is 6.05. The monoisotopic (exact) mass is 373 g/mol. The summed E-state index contributed by atoms with van der Waals surface area (Å²) >= 11 is 0. The maximum absolute atomic E-state index is 13.2. The zero-order valence-corrected chi connectivity index (χ0v) is 16.8. The third-order valence-electron chi connectivity index (χ3n) is 4.88. The Morgan fingerprint density at radius 2 is 1.57 bits per heavy atom. The van der Waals surface area contributed by atoms with Gasteiger partial charge in [-0.25, -0.2) is 4.98 Å². The normalized spacial score (nSPS) is 10.5. The van der Waals surface area contributed by atoms with E-state index in [0.717, 1.165) is 24.2 Å². The third kappa shape index (κ3) is 4.58. The summed E-state index contributed by atoms with van der Waals surface area (Å²) in [5.74, 6) is 0.604. The molecule has 0 spiro atoms. The molecule has 3 aromatic rings. The number of anilines is 2. The fourth-order valence-corrected chi connectivity index (χ4v) is 3.21. The van der Waals surface area contributed by atoms with Crippen LogP contribution in [0, 0.1) is 6.92 Å². The molecule has 4 nitrogen and oxygen atoms in total. The van der Waals surface area contributed by atoms with Gasteiger partial charge in [0.25, 0.3) is 5.91 Å². The van der Waals surface area contributed by atoms with Crippen LogP contribution in [0.15, 0.2) is 72.9 Å². The minimum absolute atomic E-state index is 0.0495. The van der Waals surface area contributed by atoms with Crippen LogP contribution in [0.1, 0.15) is 35.3 Å². The van der Waals surface area contributed by atoms with Gasteiger partial charge in [0, 0.05) is 30.5 Å². The lowest BCUT2D eigenvalue weighted by atomic mass is 10.1. The van der Waals surface area contributed by atoms with Crippen molar-refractivity contribution in [2.24, 2.45) is 0 Å². The number of benzene rings is 2. The Kier molecular flexibility index (Phi) is 6.43. The van der Waals surface area contributed by atoms with Crippen molar-refractivity contribution >= 4 is 17.4 Å². The summed E-state index contributed by atoms with van der Waals surface area (Å²) in [6, 6.07) is 21.7. The van der Waals surface area contributed by atoms with Crippen LogP contribution in [-0.4, -0.2) is 24.0 Å². The molecule has 4 heteroatoms. The maximum Gasteiger partial charge on any atom is 0.259 e. The van der Waals surface area contributed by atoms with Crippen LogP contribution >= 0.6 is 0 Å². The van der Waals surface area contributed by atoms with Gasteiger partial charge in [-0.1, -0.05) is 35.9 Å².